The summed E-state index contributed by atoms with van der Waals surface area (Å²) in [6, 6.07) is 0. The van der Waals surface area contributed by atoms with Gasteiger partial charge < -0.3 is 9.47 Å². The van der Waals surface area contributed by atoms with Gasteiger partial charge in [0.05, 0.1) is 7.11 Å². The number of allylic oxidation sites excluding steroid dienone is 1. The minimum Gasteiger partial charge on any atom is -0.468 e. The van der Waals surface area contributed by atoms with Crippen LogP contribution in [0.25, 0.3) is 0 Å². The van der Waals surface area contributed by atoms with E-state index in [1.54, 1.807) is 6.92 Å². The van der Waals surface area contributed by atoms with Gasteiger partial charge in [-0.3, -0.25) is 9.59 Å². The van der Waals surface area contributed by atoms with E-state index in [0.717, 1.165) is 0 Å². The van der Waals surface area contributed by atoms with Crippen molar-refractivity contribution in [2.75, 3.05) is 7.11 Å². The molecule has 0 unspecified atom stereocenters. The lowest BCUT2D eigenvalue weighted by Gasteiger charge is -2.21. The molecule has 0 amide bonds. The zero-order valence-corrected chi connectivity index (χ0v) is 9.62. The quantitative estimate of drug-likeness (QED) is 0.413. The number of hydrogen-bond acceptors (Lipinski definition) is 4. The van der Waals surface area contributed by atoms with Crippen LogP contribution in [-0.4, -0.2) is 24.6 Å². The van der Waals surface area contributed by atoms with Crippen LogP contribution in [-0.2, 0) is 19.1 Å². The second-order valence-electron chi connectivity index (χ2n) is 4.15. The number of ether oxygens (including phenoxy) is 2. The molecule has 0 radical (unpaired) electrons. The summed E-state index contributed by atoms with van der Waals surface area (Å²) in [5, 5.41) is 0. The van der Waals surface area contributed by atoms with E-state index in [9.17, 15) is 9.59 Å². The number of esters is 2. The normalized spacial score (nSPS) is 33.0. The number of carbonyl (C=O) groups excluding carboxylic acids is 2. The van der Waals surface area contributed by atoms with Gasteiger partial charge in [-0.2, -0.15) is 0 Å². The summed E-state index contributed by atoms with van der Waals surface area (Å²) in [5.74, 6) is -1.15. The summed E-state index contributed by atoms with van der Waals surface area (Å²) in [6.07, 6.45) is 3.49. The molecule has 88 valence electrons. The Morgan fingerprint density at radius 3 is 2.62 bits per heavy atom. The van der Waals surface area contributed by atoms with Gasteiger partial charge in [-0.25, -0.2) is 0 Å². The molecule has 0 N–H and O–H groups in total. The lowest BCUT2D eigenvalue weighted by molar-refractivity contribution is -0.163. The highest BCUT2D eigenvalue weighted by molar-refractivity contribution is 6.02. The predicted molar refractivity (Wildman–Crippen MR) is 58.6 cm³/mol. The maximum absolute atomic E-state index is 11.8. The minimum atomic E-state index is -1.26. The van der Waals surface area contributed by atoms with Gasteiger partial charge in [0.25, 0.3) is 0 Å². The number of carbonyl (C=O) groups is 2. The van der Waals surface area contributed by atoms with Crippen molar-refractivity contribution in [1.29, 1.82) is 0 Å². The lowest BCUT2D eigenvalue weighted by Crippen LogP contribution is -2.36. The van der Waals surface area contributed by atoms with Gasteiger partial charge in [0.1, 0.15) is 5.60 Å². The van der Waals surface area contributed by atoms with Crippen molar-refractivity contribution < 1.29 is 19.1 Å². The molecule has 1 aliphatic heterocycles. The summed E-state index contributed by atoms with van der Waals surface area (Å²) in [5.41, 5.74) is -2.08. The average Bonchev–Trinajstić information content (AvgIpc) is 2.52. The molecule has 0 aromatic carbocycles. The van der Waals surface area contributed by atoms with Crippen LogP contribution in [0.15, 0.2) is 25.3 Å². The molecule has 1 saturated heterocycles. The van der Waals surface area contributed by atoms with Crippen molar-refractivity contribution in [3.05, 3.63) is 25.3 Å². The first kappa shape index (κ1) is 12.5. The Balaban J connectivity index is 3.13. The molecule has 0 aliphatic carbocycles. The van der Waals surface area contributed by atoms with Crippen LogP contribution in [0.1, 0.15) is 19.8 Å². The molecule has 4 heteroatoms. The van der Waals surface area contributed by atoms with Crippen molar-refractivity contribution in [2.45, 2.75) is 25.4 Å². The monoisotopic (exact) mass is 224 g/mol. The molecule has 16 heavy (non-hydrogen) atoms. The Morgan fingerprint density at radius 2 is 2.25 bits per heavy atom. The molecule has 2 atom stereocenters. The van der Waals surface area contributed by atoms with Crippen molar-refractivity contribution >= 4 is 11.9 Å². The number of rotatable bonds is 4. The largest absolute Gasteiger partial charge is 0.468 e. The number of hydrogen-bond donors (Lipinski definition) is 0. The number of cyclic esters (lactones) is 1. The summed E-state index contributed by atoms with van der Waals surface area (Å²) < 4.78 is 9.86. The SMILES string of the molecule is C=CC[C@@]1(C(=O)OC)C[C@](C)(C=C)OC1=O. The topological polar surface area (TPSA) is 52.6 Å². The van der Waals surface area contributed by atoms with E-state index in [0.29, 0.717) is 0 Å². The van der Waals surface area contributed by atoms with Crippen molar-refractivity contribution in [1.82, 2.24) is 0 Å². The Bertz CT molecular complexity index is 347. The molecule has 0 aromatic heterocycles. The van der Waals surface area contributed by atoms with Gasteiger partial charge >= 0.3 is 11.9 Å². The minimum absolute atomic E-state index is 0.210. The van der Waals surface area contributed by atoms with E-state index >= 15 is 0 Å². The van der Waals surface area contributed by atoms with E-state index in [1.807, 2.05) is 0 Å². The third kappa shape index (κ3) is 1.75. The average molecular weight is 224 g/mol. The van der Waals surface area contributed by atoms with Crippen LogP contribution < -0.4 is 0 Å². The van der Waals surface area contributed by atoms with Gasteiger partial charge in [0.2, 0.25) is 0 Å². The van der Waals surface area contributed by atoms with E-state index in [1.165, 1.54) is 19.3 Å². The number of methoxy groups -OCH3 is 1. The first-order chi connectivity index (χ1) is 7.44. The second-order valence-corrected chi connectivity index (χ2v) is 4.15. The molecule has 0 bridgehead atoms. The first-order valence-electron chi connectivity index (χ1n) is 5.00. The fourth-order valence-corrected chi connectivity index (χ4v) is 1.97. The zero-order valence-electron chi connectivity index (χ0n) is 9.62. The van der Waals surface area contributed by atoms with Gasteiger partial charge in [0, 0.05) is 6.42 Å². The van der Waals surface area contributed by atoms with Gasteiger partial charge in [-0.15, -0.1) is 6.58 Å². The van der Waals surface area contributed by atoms with E-state index in [-0.39, 0.29) is 12.8 Å². The van der Waals surface area contributed by atoms with Crippen molar-refractivity contribution in [2.24, 2.45) is 5.41 Å². The van der Waals surface area contributed by atoms with Crippen LogP contribution in [0.3, 0.4) is 0 Å². The molecular formula is C12H16O4. The van der Waals surface area contributed by atoms with Crippen molar-refractivity contribution in [3.63, 3.8) is 0 Å². The zero-order chi connectivity index (χ0) is 12.4. The third-order valence-corrected chi connectivity index (χ3v) is 2.87. The van der Waals surface area contributed by atoms with E-state index in [2.05, 4.69) is 17.9 Å². The third-order valence-electron chi connectivity index (χ3n) is 2.87. The van der Waals surface area contributed by atoms with Crippen molar-refractivity contribution in [3.8, 4) is 0 Å². The molecule has 0 saturated carbocycles. The van der Waals surface area contributed by atoms with Crippen LogP contribution in [0.5, 0.6) is 0 Å². The molecule has 0 spiro atoms. The Morgan fingerprint density at radius 1 is 1.62 bits per heavy atom. The van der Waals surface area contributed by atoms with Crippen LogP contribution in [0.2, 0.25) is 0 Å². The highest BCUT2D eigenvalue weighted by Gasteiger charge is 2.58. The van der Waals surface area contributed by atoms with Gasteiger partial charge in [-0.05, 0) is 19.4 Å². The van der Waals surface area contributed by atoms with Gasteiger partial charge in [0.15, 0.2) is 5.41 Å². The molecule has 1 heterocycles. The fourth-order valence-electron chi connectivity index (χ4n) is 1.97. The molecule has 1 fully saturated rings. The smallest absolute Gasteiger partial charge is 0.324 e. The van der Waals surface area contributed by atoms with Crippen LogP contribution in [0.4, 0.5) is 0 Å². The Hall–Kier alpha value is -1.58. The maximum atomic E-state index is 11.8. The lowest BCUT2D eigenvalue weighted by atomic mass is 9.78. The molecular weight excluding hydrogens is 208 g/mol. The fraction of sp³-hybridized carbons (Fsp3) is 0.500. The van der Waals surface area contributed by atoms with E-state index < -0.39 is 23.0 Å². The standard InChI is InChI=1S/C12H16O4/c1-5-7-12(9(13)15-4)8-11(3,6-2)16-10(12)14/h5-6H,1-2,7-8H2,3-4H3/t11-,12-/m0/s1. The maximum Gasteiger partial charge on any atom is 0.324 e. The molecule has 0 aromatic rings. The van der Waals surface area contributed by atoms with E-state index in [4.69, 9.17) is 4.74 Å². The van der Waals surface area contributed by atoms with Crippen LogP contribution in [0, 0.1) is 5.41 Å². The predicted octanol–water partition coefficient (Wildman–Crippen LogP) is 1.61. The summed E-state index contributed by atoms with van der Waals surface area (Å²) in [4.78, 5) is 23.6. The molecule has 1 rings (SSSR count). The summed E-state index contributed by atoms with van der Waals surface area (Å²) >= 11 is 0. The molecule has 4 nitrogen and oxygen atoms in total. The van der Waals surface area contributed by atoms with Crippen LogP contribution >= 0.6 is 0 Å². The second kappa shape index (κ2) is 4.12. The summed E-state index contributed by atoms with van der Waals surface area (Å²) in [6.45, 7) is 8.87. The van der Waals surface area contributed by atoms with Gasteiger partial charge in [-0.1, -0.05) is 12.7 Å². The summed E-state index contributed by atoms with van der Waals surface area (Å²) in [7, 11) is 1.25. The highest BCUT2D eigenvalue weighted by atomic mass is 16.6. The highest BCUT2D eigenvalue weighted by Crippen LogP contribution is 2.44. The molecule has 1 aliphatic rings. The Kier molecular flexibility index (Phi) is 3.21. The Labute approximate surface area is 94.9 Å². The first-order valence-corrected chi connectivity index (χ1v) is 5.00.